The first-order chi connectivity index (χ1) is 14.1. The summed E-state index contributed by atoms with van der Waals surface area (Å²) >= 11 is 0. The number of aryl methyl sites for hydroxylation is 1. The van der Waals surface area contributed by atoms with Crippen LogP contribution < -0.4 is 9.47 Å². The fourth-order valence-corrected chi connectivity index (χ4v) is 2.69. The Hall–Kier alpha value is -2.91. The van der Waals surface area contributed by atoms with Crippen LogP contribution in [-0.4, -0.2) is 39.1 Å². The van der Waals surface area contributed by atoms with Gasteiger partial charge in [-0.3, -0.25) is 4.99 Å². The molecular weight excluding hydrogens is 401 g/mol. The predicted molar refractivity (Wildman–Crippen MR) is 110 cm³/mol. The highest BCUT2D eigenvalue weighted by Gasteiger charge is 2.22. The number of methoxy groups -OCH3 is 1. The third kappa shape index (κ3) is 8.63. The van der Waals surface area contributed by atoms with Crippen LogP contribution in [0.25, 0.3) is 0 Å². The number of aromatic nitrogens is 1. The van der Waals surface area contributed by atoms with E-state index in [0.29, 0.717) is 12.3 Å². The first-order valence-electron chi connectivity index (χ1n) is 9.39. The van der Waals surface area contributed by atoms with Crippen LogP contribution in [0.5, 0.6) is 0 Å². The minimum Gasteiger partial charge on any atom is -0.464 e. The minimum atomic E-state index is -6.00. The molecule has 164 valence electrons. The van der Waals surface area contributed by atoms with Crippen molar-refractivity contribution in [2.75, 3.05) is 25.1 Å². The molecule has 5 nitrogen and oxygen atoms in total. The lowest BCUT2D eigenvalue weighted by molar-refractivity contribution is -0.672. The number of hydrogen-bond acceptors (Lipinski definition) is 4. The Bertz CT molecular complexity index is 833. The van der Waals surface area contributed by atoms with E-state index < -0.39 is 13.2 Å². The zero-order chi connectivity index (χ0) is 22.7. The molecule has 0 aliphatic carbocycles. The van der Waals surface area contributed by atoms with Crippen molar-refractivity contribution >= 4 is 24.6 Å². The summed E-state index contributed by atoms with van der Waals surface area (Å²) in [7, 11) is -2.74. The molecule has 0 fully saturated rings. The Kier molecular flexibility index (Phi) is 10.0. The fraction of sp³-hybridized carbons (Fsp3) is 0.350. The molecule has 30 heavy (non-hydrogen) atoms. The molecule has 0 amide bonds. The van der Waals surface area contributed by atoms with Crippen LogP contribution in [-0.2, 0) is 23.1 Å². The summed E-state index contributed by atoms with van der Waals surface area (Å²) in [5.41, 5.74) is 3.31. The molecule has 0 atom stereocenters. The molecule has 10 heteroatoms. The van der Waals surface area contributed by atoms with Crippen LogP contribution in [0.4, 0.5) is 23.0 Å². The second-order valence-electron chi connectivity index (χ2n) is 6.19. The van der Waals surface area contributed by atoms with E-state index in [1.807, 2.05) is 36.0 Å². The van der Waals surface area contributed by atoms with Gasteiger partial charge in [0.15, 0.2) is 6.20 Å². The quantitative estimate of drug-likeness (QED) is 0.222. The van der Waals surface area contributed by atoms with Crippen LogP contribution in [0.2, 0.25) is 0 Å². The number of aliphatic imine (C=N–C) groups is 1. The number of pyridine rings is 1. The van der Waals surface area contributed by atoms with Crippen molar-refractivity contribution in [1.29, 1.82) is 0 Å². The summed E-state index contributed by atoms with van der Waals surface area (Å²) in [5, 5.41) is 0. The number of esters is 1. The molecule has 0 bridgehead atoms. The zero-order valence-electron chi connectivity index (χ0n) is 17.5. The average molecular weight is 427 g/mol. The summed E-state index contributed by atoms with van der Waals surface area (Å²) in [5.74, 6) is -0.429. The van der Waals surface area contributed by atoms with Gasteiger partial charge in [0.25, 0.3) is 0 Å². The van der Waals surface area contributed by atoms with Gasteiger partial charge in [-0.1, -0.05) is 12.1 Å². The number of ether oxygens (including phenoxy) is 1. The number of anilines is 1. The van der Waals surface area contributed by atoms with E-state index in [1.165, 1.54) is 12.8 Å². The van der Waals surface area contributed by atoms with Crippen molar-refractivity contribution in [2.24, 2.45) is 12.0 Å². The molecule has 0 saturated carbocycles. The summed E-state index contributed by atoms with van der Waals surface area (Å²) in [4.78, 5) is 18.9. The highest BCUT2D eigenvalue weighted by atomic mass is 19.5. The second kappa shape index (κ2) is 11.9. The normalized spacial score (nSPS) is 11.4. The SMILES string of the molecule is CCN(CC)c1ccc(CN=C(C(=O)OC)c2cccc[n+]2C)cc1.F[B-](F)(F)F. The summed E-state index contributed by atoms with van der Waals surface area (Å²) in [6.45, 7) is 6.67. The van der Waals surface area contributed by atoms with Gasteiger partial charge in [0.1, 0.15) is 7.05 Å². The number of carbonyl (C=O) groups is 1. The van der Waals surface area contributed by atoms with Crippen molar-refractivity contribution in [1.82, 2.24) is 0 Å². The maximum atomic E-state index is 12.1. The van der Waals surface area contributed by atoms with Gasteiger partial charge in [-0.2, -0.15) is 4.57 Å². The Labute approximate surface area is 174 Å². The Morgan fingerprint density at radius 1 is 1.07 bits per heavy atom. The molecule has 0 N–H and O–H groups in total. The van der Waals surface area contributed by atoms with Crippen molar-refractivity contribution < 1.29 is 31.4 Å². The number of carbonyl (C=O) groups excluding carboxylic acids is 1. The molecular formula is C20H26BF4N3O2. The number of rotatable bonds is 7. The van der Waals surface area contributed by atoms with E-state index in [2.05, 4.69) is 48.0 Å². The largest absolute Gasteiger partial charge is 0.673 e. The van der Waals surface area contributed by atoms with Gasteiger partial charge in [0.05, 0.1) is 13.7 Å². The van der Waals surface area contributed by atoms with Crippen molar-refractivity contribution in [3.63, 3.8) is 0 Å². The average Bonchev–Trinajstić information content (AvgIpc) is 2.70. The molecule has 0 saturated heterocycles. The van der Waals surface area contributed by atoms with E-state index in [1.54, 1.807) is 0 Å². The lowest BCUT2D eigenvalue weighted by Gasteiger charge is -2.21. The summed E-state index contributed by atoms with van der Waals surface area (Å²) in [6.07, 6.45) is 1.88. The zero-order valence-corrected chi connectivity index (χ0v) is 17.5. The van der Waals surface area contributed by atoms with Gasteiger partial charge < -0.3 is 26.9 Å². The molecule has 0 unspecified atom stereocenters. The van der Waals surface area contributed by atoms with E-state index in [9.17, 15) is 22.1 Å². The topological polar surface area (TPSA) is 45.8 Å². The van der Waals surface area contributed by atoms with Crippen LogP contribution in [0.1, 0.15) is 25.1 Å². The monoisotopic (exact) mass is 427 g/mol. The van der Waals surface area contributed by atoms with Crippen molar-refractivity contribution in [3.8, 4) is 0 Å². The van der Waals surface area contributed by atoms with Crippen LogP contribution in [0.3, 0.4) is 0 Å². The number of halogens is 4. The number of benzene rings is 1. The summed E-state index contributed by atoms with van der Waals surface area (Å²) in [6, 6.07) is 13.9. The van der Waals surface area contributed by atoms with E-state index >= 15 is 0 Å². The smallest absolute Gasteiger partial charge is 0.464 e. The molecule has 1 aromatic heterocycles. The van der Waals surface area contributed by atoms with Gasteiger partial charge in [0, 0.05) is 30.9 Å². The molecule has 0 aliphatic heterocycles. The third-order valence-corrected chi connectivity index (χ3v) is 4.16. The van der Waals surface area contributed by atoms with Gasteiger partial charge in [-0.05, 0) is 37.6 Å². The Morgan fingerprint density at radius 2 is 1.63 bits per heavy atom. The van der Waals surface area contributed by atoms with E-state index in [0.717, 1.165) is 24.3 Å². The van der Waals surface area contributed by atoms with Gasteiger partial charge in [-0.15, -0.1) is 0 Å². The fourth-order valence-electron chi connectivity index (χ4n) is 2.69. The molecule has 0 spiro atoms. The number of hydrogen-bond donors (Lipinski definition) is 0. The Balaban J connectivity index is 0.000000804. The molecule has 1 aromatic carbocycles. The maximum Gasteiger partial charge on any atom is 0.673 e. The summed E-state index contributed by atoms with van der Waals surface area (Å²) < 4.78 is 45.8. The second-order valence-corrected chi connectivity index (χ2v) is 6.19. The lowest BCUT2D eigenvalue weighted by Crippen LogP contribution is -2.38. The third-order valence-electron chi connectivity index (χ3n) is 4.16. The molecule has 1 heterocycles. The molecule has 0 aliphatic rings. The predicted octanol–water partition coefficient (Wildman–Crippen LogP) is 3.82. The lowest BCUT2D eigenvalue weighted by atomic mass is 10.2. The maximum absolute atomic E-state index is 12.1. The highest BCUT2D eigenvalue weighted by Crippen LogP contribution is 2.15. The van der Waals surface area contributed by atoms with Crippen molar-refractivity contribution in [2.45, 2.75) is 20.4 Å². The first kappa shape index (κ1) is 25.1. The van der Waals surface area contributed by atoms with E-state index in [4.69, 9.17) is 4.74 Å². The highest BCUT2D eigenvalue weighted by molar-refractivity contribution is 6.50. The van der Waals surface area contributed by atoms with Gasteiger partial charge in [0.2, 0.25) is 11.4 Å². The van der Waals surface area contributed by atoms with Gasteiger partial charge in [-0.25, -0.2) is 4.79 Å². The first-order valence-corrected chi connectivity index (χ1v) is 9.39. The van der Waals surface area contributed by atoms with E-state index in [-0.39, 0.29) is 0 Å². The van der Waals surface area contributed by atoms with Crippen LogP contribution in [0, 0.1) is 0 Å². The van der Waals surface area contributed by atoms with Gasteiger partial charge >= 0.3 is 13.2 Å². The van der Waals surface area contributed by atoms with Crippen molar-refractivity contribution in [3.05, 3.63) is 59.9 Å². The molecule has 0 radical (unpaired) electrons. The molecule has 2 rings (SSSR count). The number of nitrogens with zero attached hydrogens (tertiary/aromatic N) is 3. The molecule has 2 aromatic rings. The van der Waals surface area contributed by atoms with Crippen LogP contribution in [0.15, 0.2) is 53.7 Å². The van der Waals surface area contributed by atoms with Crippen LogP contribution >= 0.6 is 0 Å². The standard InChI is InChI=1S/C20H26N3O2.BF4/c1-5-23(6-2)17-12-10-16(11-13-17)15-21-19(20(24)25-4)18-9-7-8-14-22(18)3;2-1(3,4)5/h7-14H,5-6,15H2,1-4H3;/q+1;-1. The minimum absolute atomic E-state index is 0.332. The Morgan fingerprint density at radius 3 is 2.10 bits per heavy atom.